The van der Waals surface area contributed by atoms with Crippen molar-refractivity contribution in [2.45, 2.75) is 128 Å². The number of benzene rings is 1. The highest BCUT2D eigenvalue weighted by atomic mass is 16.8. The summed E-state index contributed by atoms with van der Waals surface area (Å²) in [5.41, 5.74) is 2.78. The number of aliphatic hydroxyl groups is 2. The van der Waals surface area contributed by atoms with Gasteiger partial charge in [-0.15, -0.1) is 0 Å². The number of ether oxygens (including phenoxy) is 1. The molecule has 2 aliphatic rings. The maximum atomic E-state index is 11.7. The van der Waals surface area contributed by atoms with Crippen LogP contribution in [0.25, 0.3) is 0 Å². The van der Waals surface area contributed by atoms with Crippen molar-refractivity contribution >= 4 is 0 Å². The Kier molecular flexibility index (Phi) is 8.05. The minimum absolute atomic E-state index is 0.517. The van der Waals surface area contributed by atoms with Crippen LogP contribution in [0.2, 0.25) is 0 Å². The van der Waals surface area contributed by atoms with Gasteiger partial charge in [0.2, 0.25) is 5.79 Å². The molecule has 1 fully saturated rings. The highest BCUT2D eigenvalue weighted by Gasteiger charge is 2.80. The van der Waals surface area contributed by atoms with Crippen LogP contribution >= 0.6 is 0 Å². The van der Waals surface area contributed by atoms with Crippen molar-refractivity contribution in [3.05, 3.63) is 46.5 Å². The van der Waals surface area contributed by atoms with E-state index < -0.39 is 17.0 Å². The summed E-state index contributed by atoms with van der Waals surface area (Å²) in [5, 5.41) is 23.3. The predicted molar refractivity (Wildman–Crippen MR) is 128 cm³/mol. The summed E-state index contributed by atoms with van der Waals surface area (Å²) in [6.07, 6.45) is 15.1. The number of fused-ring (bicyclic) bond motifs is 1. The molecule has 0 amide bonds. The van der Waals surface area contributed by atoms with Crippen LogP contribution in [-0.2, 0) is 23.2 Å². The van der Waals surface area contributed by atoms with Crippen molar-refractivity contribution in [2.75, 3.05) is 0 Å². The molecule has 0 aromatic heterocycles. The first-order chi connectivity index (χ1) is 14.9. The smallest absolute Gasteiger partial charge is 0.235 e. The van der Waals surface area contributed by atoms with Gasteiger partial charge >= 0.3 is 0 Å². The average Bonchev–Trinajstić information content (AvgIpc) is 3.41. The second-order valence-corrected chi connectivity index (χ2v) is 9.95. The molecule has 1 heterocycles. The van der Waals surface area contributed by atoms with Crippen molar-refractivity contribution in [1.29, 1.82) is 0 Å². The lowest BCUT2D eigenvalue weighted by Gasteiger charge is -2.37. The topological polar surface area (TPSA) is 53.0 Å². The molecule has 0 radical (unpaired) electrons. The van der Waals surface area contributed by atoms with E-state index in [-0.39, 0.29) is 0 Å². The molecular weight excluding hydrogens is 384 g/mol. The molecular formula is C28H44O3. The Labute approximate surface area is 189 Å². The third-order valence-corrected chi connectivity index (χ3v) is 7.24. The van der Waals surface area contributed by atoms with Crippen molar-refractivity contribution in [1.82, 2.24) is 0 Å². The van der Waals surface area contributed by atoms with E-state index in [2.05, 4.69) is 52.0 Å². The Bertz CT molecular complexity index is 743. The number of rotatable bonds is 13. The van der Waals surface area contributed by atoms with Crippen LogP contribution in [-0.4, -0.2) is 21.6 Å². The Morgan fingerprint density at radius 3 is 1.87 bits per heavy atom. The third kappa shape index (κ3) is 4.79. The van der Waals surface area contributed by atoms with Gasteiger partial charge in [-0.25, -0.2) is 0 Å². The van der Waals surface area contributed by atoms with Gasteiger partial charge in [-0.3, -0.25) is 0 Å². The van der Waals surface area contributed by atoms with E-state index >= 15 is 0 Å². The molecule has 3 rings (SSSR count). The first-order valence-corrected chi connectivity index (χ1v) is 12.9. The van der Waals surface area contributed by atoms with E-state index in [4.69, 9.17) is 4.74 Å². The fraction of sp³-hybridized carbons (Fsp3) is 0.714. The van der Waals surface area contributed by atoms with Gasteiger partial charge in [-0.1, -0.05) is 83.6 Å². The molecule has 0 spiro atoms. The first kappa shape index (κ1) is 24.5. The summed E-state index contributed by atoms with van der Waals surface area (Å²) in [7, 11) is 0. The largest absolute Gasteiger partial charge is 0.384 e. The van der Waals surface area contributed by atoms with Gasteiger partial charge in [-0.05, 0) is 67.7 Å². The fourth-order valence-corrected chi connectivity index (χ4v) is 5.27. The summed E-state index contributed by atoms with van der Waals surface area (Å²) in [6.45, 7) is 8.77. The van der Waals surface area contributed by atoms with Crippen LogP contribution in [0, 0.1) is 0 Å². The summed E-state index contributed by atoms with van der Waals surface area (Å²) < 4.78 is 6.21. The van der Waals surface area contributed by atoms with Crippen LogP contribution in [0.3, 0.4) is 0 Å². The number of epoxide rings is 1. The molecule has 3 heteroatoms. The lowest BCUT2D eigenvalue weighted by molar-refractivity contribution is -0.153. The number of hydrogen-bond donors (Lipinski definition) is 2. The van der Waals surface area contributed by atoms with Gasteiger partial charge in [0.05, 0.1) is 0 Å². The van der Waals surface area contributed by atoms with Crippen molar-refractivity contribution in [2.24, 2.45) is 0 Å². The quantitative estimate of drug-likeness (QED) is 0.271. The Morgan fingerprint density at radius 1 is 0.774 bits per heavy atom. The molecule has 31 heavy (non-hydrogen) atoms. The first-order valence-electron chi connectivity index (χ1n) is 12.9. The summed E-state index contributed by atoms with van der Waals surface area (Å²) in [5.74, 6) is -1.52. The number of hydrogen-bond acceptors (Lipinski definition) is 3. The second-order valence-electron chi connectivity index (χ2n) is 9.95. The van der Waals surface area contributed by atoms with Gasteiger partial charge in [0.1, 0.15) is 5.60 Å². The van der Waals surface area contributed by atoms with Gasteiger partial charge in [0.15, 0.2) is 5.60 Å². The van der Waals surface area contributed by atoms with Gasteiger partial charge in [-0.2, -0.15) is 0 Å². The molecule has 0 saturated carbocycles. The maximum absolute atomic E-state index is 11.7. The zero-order chi connectivity index (χ0) is 22.5. The molecule has 1 saturated heterocycles. The SMILES string of the molecule is CCCCC1=CC2(c3cc(CCCC)cc(CCCC)c3)OC2(O)C(O)(CCCC)C1. The molecule has 0 bridgehead atoms. The fourth-order valence-electron chi connectivity index (χ4n) is 5.27. The molecule has 3 unspecified atom stereocenters. The van der Waals surface area contributed by atoms with Gasteiger partial charge in [0.25, 0.3) is 0 Å². The molecule has 1 aromatic carbocycles. The third-order valence-electron chi connectivity index (χ3n) is 7.24. The highest BCUT2D eigenvalue weighted by Crippen LogP contribution is 2.66. The van der Waals surface area contributed by atoms with Crippen LogP contribution in [0.15, 0.2) is 29.8 Å². The molecule has 1 aliphatic heterocycles. The van der Waals surface area contributed by atoms with Crippen LogP contribution < -0.4 is 0 Å². The lowest BCUT2D eigenvalue weighted by Crippen LogP contribution is -2.51. The Morgan fingerprint density at radius 2 is 1.32 bits per heavy atom. The normalized spacial score (nSPS) is 29.5. The molecule has 1 aliphatic carbocycles. The van der Waals surface area contributed by atoms with Crippen molar-refractivity contribution in [3.63, 3.8) is 0 Å². The van der Waals surface area contributed by atoms with Crippen LogP contribution in [0.1, 0.15) is 115 Å². The molecule has 174 valence electrons. The van der Waals surface area contributed by atoms with E-state index in [0.717, 1.165) is 76.2 Å². The standard InChI is InChI=1S/C28H44O3/c1-5-9-13-22-17-23(14-10-6-2)19-25(18-22)27-21-24(15-11-7-3)20-26(29,16-12-8-4)28(27,30)31-27/h17-19,21,29-30H,5-16,20H2,1-4H3. The summed E-state index contributed by atoms with van der Waals surface area (Å²) in [6, 6.07) is 6.78. The van der Waals surface area contributed by atoms with Crippen LogP contribution in [0.5, 0.6) is 0 Å². The Hall–Kier alpha value is -1.16. The van der Waals surface area contributed by atoms with Gasteiger partial charge in [0, 0.05) is 6.42 Å². The zero-order valence-corrected chi connectivity index (χ0v) is 20.3. The van der Waals surface area contributed by atoms with Crippen molar-refractivity contribution < 1.29 is 14.9 Å². The lowest BCUT2D eigenvalue weighted by atomic mass is 9.70. The van der Waals surface area contributed by atoms with Crippen molar-refractivity contribution in [3.8, 4) is 0 Å². The molecule has 1 aromatic rings. The van der Waals surface area contributed by atoms with Crippen LogP contribution in [0.4, 0.5) is 0 Å². The number of aryl methyl sites for hydroxylation is 2. The summed E-state index contributed by atoms with van der Waals surface area (Å²) >= 11 is 0. The van der Waals surface area contributed by atoms with E-state index in [1.165, 1.54) is 16.7 Å². The predicted octanol–water partition coefficient (Wildman–Crippen LogP) is 6.73. The molecule has 3 nitrogen and oxygen atoms in total. The van der Waals surface area contributed by atoms with E-state index in [1.807, 2.05) is 0 Å². The minimum atomic E-state index is -1.52. The van der Waals surface area contributed by atoms with Gasteiger partial charge < -0.3 is 14.9 Å². The zero-order valence-electron chi connectivity index (χ0n) is 20.3. The van der Waals surface area contributed by atoms with E-state index in [9.17, 15) is 10.2 Å². The molecule has 3 atom stereocenters. The van der Waals surface area contributed by atoms with E-state index in [1.54, 1.807) is 0 Å². The minimum Gasteiger partial charge on any atom is -0.384 e. The molecule has 2 N–H and O–H groups in total. The number of unbranched alkanes of at least 4 members (excludes halogenated alkanes) is 4. The monoisotopic (exact) mass is 428 g/mol. The maximum Gasteiger partial charge on any atom is 0.235 e. The second kappa shape index (κ2) is 10.2. The Balaban J connectivity index is 2.03. The summed E-state index contributed by atoms with van der Waals surface area (Å²) in [4.78, 5) is 0. The average molecular weight is 429 g/mol. The van der Waals surface area contributed by atoms with E-state index in [0.29, 0.717) is 12.8 Å². The highest BCUT2D eigenvalue weighted by molar-refractivity contribution is 5.48.